The van der Waals surface area contributed by atoms with Crippen LogP contribution in [0.5, 0.6) is 0 Å². The summed E-state index contributed by atoms with van der Waals surface area (Å²) in [4.78, 5) is 113. The van der Waals surface area contributed by atoms with Gasteiger partial charge in [-0.2, -0.15) is 0 Å². The highest BCUT2D eigenvalue weighted by Crippen LogP contribution is 2.38. The third kappa shape index (κ3) is 30.7. The molecular formula is C67H116N4O19. The fourth-order valence-corrected chi connectivity index (χ4v) is 11.8. The second-order valence-corrected chi connectivity index (χ2v) is 25.9. The van der Waals surface area contributed by atoms with E-state index < -0.39 is 36.8 Å². The van der Waals surface area contributed by atoms with E-state index in [1.807, 2.05) is 0 Å². The Morgan fingerprint density at radius 3 is 1.14 bits per heavy atom. The molecule has 0 aromatic rings. The predicted molar refractivity (Wildman–Crippen MR) is 336 cm³/mol. The largest absolute Gasteiger partial charge is 0.481 e. The number of ether oxygens (including phenoxy) is 9. The normalized spacial score (nSPS) is 27.3. The summed E-state index contributed by atoms with van der Waals surface area (Å²) in [5, 5.41) is 20.9. The van der Waals surface area contributed by atoms with Gasteiger partial charge >= 0.3 is 23.9 Å². The summed E-state index contributed by atoms with van der Waals surface area (Å²) in [5.41, 5.74) is 0. The van der Waals surface area contributed by atoms with Crippen LogP contribution >= 0.6 is 0 Å². The van der Waals surface area contributed by atoms with Crippen LogP contribution in [0.25, 0.3) is 0 Å². The molecule has 4 amide bonds. The molecule has 0 bridgehead atoms. The highest BCUT2D eigenvalue weighted by Gasteiger charge is 2.43. The van der Waals surface area contributed by atoms with Crippen LogP contribution in [0.4, 0.5) is 0 Å². The molecule has 3 rings (SSSR count). The van der Waals surface area contributed by atoms with Gasteiger partial charge in [0.2, 0.25) is 23.6 Å². The van der Waals surface area contributed by atoms with Crippen molar-refractivity contribution in [1.29, 1.82) is 0 Å². The monoisotopic (exact) mass is 1280 g/mol. The Bertz CT molecular complexity index is 2170. The van der Waals surface area contributed by atoms with Crippen LogP contribution in [0.3, 0.4) is 0 Å². The van der Waals surface area contributed by atoms with Crippen LogP contribution in [0.15, 0.2) is 0 Å². The van der Waals surface area contributed by atoms with Gasteiger partial charge in [-0.25, -0.2) is 0 Å². The maximum Gasteiger partial charge on any atom is 0.303 e. The first-order valence-corrected chi connectivity index (χ1v) is 33.9. The fraction of sp³-hybridized carbons (Fsp3) is 0.866. The van der Waals surface area contributed by atoms with E-state index in [-0.39, 0.29) is 164 Å². The number of Topliss-reactive ketones (excluding diaryl/α,β-unsaturated/α-hetero) is 1. The van der Waals surface area contributed by atoms with Crippen LogP contribution in [0.1, 0.15) is 212 Å². The SMILES string of the molecule is CC(=O)OCC1O[C@@H](OCCCCC(=O)NCCCCC(CC(=O)C(CCCCNC(=O)CCCCO[C@@H]2OC(COC(C)=O)[C@H](C)[C@H](C)C2C)NC(=O)CCCCO[C@@H]2OC(COC(C)=O)[C@H](C)[C@H](C)C2C)C(=O)NCCCCCC(=O)O)C(C)[C@@H](C)[C@H]1C. The van der Waals surface area contributed by atoms with E-state index in [2.05, 4.69) is 83.6 Å². The quantitative estimate of drug-likeness (QED) is 0.0217. The number of rotatable bonds is 45. The van der Waals surface area contributed by atoms with Crippen molar-refractivity contribution >= 4 is 53.3 Å². The Labute approximate surface area is 536 Å². The smallest absolute Gasteiger partial charge is 0.303 e. The lowest BCUT2D eigenvalue weighted by Gasteiger charge is -2.43. The van der Waals surface area contributed by atoms with Crippen molar-refractivity contribution in [3.63, 3.8) is 0 Å². The number of carbonyl (C=O) groups is 9. The lowest BCUT2D eigenvalue weighted by atomic mass is 9.79. The van der Waals surface area contributed by atoms with E-state index in [4.69, 9.17) is 47.7 Å². The van der Waals surface area contributed by atoms with Crippen LogP contribution in [0.2, 0.25) is 0 Å². The Morgan fingerprint density at radius 2 is 0.756 bits per heavy atom. The zero-order chi connectivity index (χ0) is 66.7. The van der Waals surface area contributed by atoms with Crippen LogP contribution < -0.4 is 21.3 Å². The molecule has 3 heterocycles. The number of aliphatic carboxylic acids is 1. The van der Waals surface area contributed by atoms with Gasteiger partial charge in [0.05, 0.1) is 24.4 Å². The van der Waals surface area contributed by atoms with Crippen molar-refractivity contribution in [2.45, 2.75) is 255 Å². The van der Waals surface area contributed by atoms with E-state index in [9.17, 15) is 43.2 Å². The topological polar surface area (TPSA) is 305 Å². The molecule has 3 aliphatic rings. The third-order valence-corrected chi connectivity index (χ3v) is 19.0. The molecule has 3 aliphatic heterocycles. The van der Waals surface area contributed by atoms with Crippen molar-refractivity contribution in [3.05, 3.63) is 0 Å². The Balaban J connectivity index is 1.57. The van der Waals surface area contributed by atoms with Gasteiger partial charge in [0.1, 0.15) is 19.8 Å². The van der Waals surface area contributed by atoms with Gasteiger partial charge in [-0.05, 0) is 119 Å². The molecule has 5 N–H and O–H groups in total. The average molecular weight is 1280 g/mol. The van der Waals surface area contributed by atoms with Crippen LogP contribution in [-0.2, 0) is 85.8 Å². The van der Waals surface area contributed by atoms with Gasteiger partial charge in [0.15, 0.2) is 24.7 Å². The number of hydrogen-bond acceptors (Lipinski definition) is 18. The molecular weight excluding hydrogens is 1160 g/mol. The molecule has 3 saturated heterocycles. The summed E-state index contributed by atoms with van der Waals surface area (Å²) in [5.74, 6) is -2.17. The first-order chi connectivity index (χ1) is 42.8. The molecule has 518 valence electrons. The summed E-state index contributed by atoms with van der Waals surface area (Å²) in [6, 6.07) is -0.899. The molecule has 0 aromatic heterocycles. The number of carboxylic acid groups (broad SMARTS) is 1. The van der Waals surface area contributed by atoms with Gasteiger partial charge in [-0.1, -0.05) is 75.2 Å². The number of unbranched alkanes of at least 4 members (excludes halogenated alkanes) is 7. The number of nitrogens with one attached hydrogen (secondary N) is 4. The number of amides is 4. The zero-order valence-electron chi connectivity index (χ0n) is 56.6. The number of ketones is 1. The maximum atomic E-state index is 14.4. The summed E-state index contributed by atoms with van der Waals surface area (Å²) in [6.07, 6.45) is 6.24. The number of carbonyl (C=O) groups excluding carboxylic acids is 8. The standard InChI is InChI=1S/C67H116N4O19/c1-42-45(4)57(39-85-51(10)72)88-65(48(42)7)82-35-23-17-28-60(76)68-32-21-15-26-54(64(81)70-34-20-13-14-31-63(79)80)38-56(75)55(71-62(78)30-19-25-37-84-67-50(9)44(3)47(6)59(90-67)41-87-53(12)74)27-16-22-33-69-61(77)29-18-24-36-83-66-49(8)43(2)46(5)58(89-66)40-86-52(11)73/h42-50,54-55,57-59,65-67H,13-41H2,1-12H3,(H,68,76)(H,69,77)(H,70,81)(H,71,78)(H,79,80)/t42-,43-,44-,45+,46+,47+,48?,49?,50?,54?,55?,57?,58?,59?,65+,66+,67+/m0/s1. The second kappa shape index (κ2) is 43.9. The van der Waals surface area contributed by atoms with Gasteiger partial charge in [-0.15, -0.1) is 0 Å². The lowest BCUT2D eigenvalue weighted by molar-refractivity contribution is -0.255. The van der Waals surface area contributed by atoms with Gasteiger partial charge < -0.3 is 69.0 Å². The van der Waals surface area contributed by atoms with Crippen molar-refractivity contribution in [1.82, 2.24) is 21.3 Å². The lowest BCUT2D eigenvalue weighted by Crippen LogP contribution is -2.47. The summed E-state index contributed by atoms with van der Waals surface area (Å²) < 4.78 is 52.7. The summed E-state index contributed by atoms with van der Waals surface area (Å²) in [6.45, 7) is 25.7. The summed E-state index contributed by atoms with van der Waals surface area (Å²) in [7, 11) is 0. The Hall–Kier alpha value is -4.81. The van der Waals surface area contributed by atoms with Gasteiger partial charge in [0, 0.05) is 116 Å². The van der Waals surface area contributed by atoms with Gasteiger partial charge in [-0.3, -0.25) is 43.2 Å². The first kappa shape index (κ1) is 79.4. The number of esters is 3. The molecule has 0 aliphatic carbocycles. The highest BCUT2D eigenvalue weighted by atomic mass is 16.7. The first-order valence-electron chi connectivity index (χ1n) is 33.9. The summed E-state index contributed by atoms with van der Waals surface area (Å²) >= 11 is 0. The average Bonchev–Trinajstić information content (AvgIpc) is 1.09. The Morgan fingerprint density at radius 1 is 0.400 bits per heavy atom. The van der Waals surface area contributed by atoms with Crippen molar-refractivity contribution in [2.24, 2.45) is 59.2 Å². The van der Waals surface area contributed by atoms with Crippen LogP contribution in [0, 0.1) is 59.2 Å². The van der Waals surface area contributed by atoms with E-state index in [1.165, 1.54) is 20.8 Å². The maximum absolute atomic E-state index is 14.4. The molecule has 90 heavy (non-hydrogen) atoms. The van der Waals surface area contributed by atoms with E-state index in [0.29, 0.717) is 142 Å². The van der Waals surface area contributed by atoms with Crippen LogP contribution in [-0.4, -0.2) is 161 Å². The molecule has 0 aromatic carbocycles. The highest BCUT2D eigenvalue weighted by molar-refractivity contribution is 5.92. The molecule has 0 radical (unpaired) electrons. The van der Waals surface area contributed by atoms with Gasteiger partial charge in [0.25, 0.3) is 0 Å². The molecule has 17 atom stereocenters. The molecule has 23 nitrogen and oxygen atoms in total. The molecule has 3 fully saturated rings. The minimum atomic E-state index is -0.899. The molecule has 8 unspecified atom stereocenters. The van der Waals surface area contributed by atoms with Crippen molar-refractivity contribution in [3.8, 4) is 0 Å². The van der Waals surface area contributed by atoms with E-state index in [0.717, 1.165) is 0 Å². The molecule has 0 saturated carbocycles. The molecule has 0 spiro atoms. The van der Waals surface area contributed by atoms with Crippen molar-refractivity contribution < 1.29 is 90.9 Å². The Kier molecular flexibility index (Phi) is 38.8. The zero-order valence-corrected chi connectivity index (χ0v) is 56.6. The number of hydrogen-bond donors (Lipinski definition) is 5. The van der Waals surface area contributed by atoms with E-state index in [1.54, 1.807) is 0 Å². The van der Waals surface area contributed by atoms with E-state index >= 15 is 0 Å². The molecule has 23 heteroatoms. The number of carboxylic acids is 1. The second-order valence-electron chi connectivity index (χ2n) is 25.9. The minimum Gasteiger partial charge on any atom is -0.481 e. The van der Waals surface area contributed by atoms with Crippen molar-refractivity contribution in [2.75, 3.05) is 59.3 Å². The minimum absolute atomic E-state index is 0.0301. The predicted octanol–water partition coefficient (Wildman–Crippen LogP) is 8.53. The third-order valence-electron chi connectivity index (χ3n) is 19.0. The fourth-order valence-electron chi connectivity index (χ4n) is 11.8.